The van der Waals surface area contributed by atoms with Crippen LogP contribution in [-0.2, 0) is 11.2 Å². The maximum absolute atomic E-state index is 11.7. The van der Waals surface area contributed by atoms with Crippen molar-refractivity contribution in [1.29, 1.82) is 5.26 Å². The number of nitrogens with zero attached hydrogens (tertiary/aromatic N) is 2. The average molecular weight is 220 g/mol. The van der Waals surface area contributed by atoms with E-state index in [2.05, 4.69) is 6.07 Å². The molecule has 0 aliphatic rings. The van der Waals surface area contributed by atoms with Crippen LogP contribution in [0.4, 0.5) is 0 Å². The van der Waals surface area contributed by atoms with Crippen LogP contribution in [0, 0.1) is 11.3 Å². The van der Waals surface area contributed by atoms with Gasteiger partial charge in [0.05, 0.1) is 18.8 Å². The molecule has 16 heavy (non-hydrogen) atoms. The molecule has 1 heterocycles. The van der Waals surface area contributed by atoms with E-state index in [0.29, 0.717) is 19.3 Å². The summed E-state index contributed by atoms with van der Waals surface area (Å²) in [4.78, 5) is 13.3. The van der Waals surface area contributed by atoms with Gasteiger partial charge < -0.3 is 9.32 Å². The molecule has 86 valence electrons. The van der Waals surface area contributed by atoms with Crippen molar-refractivity contribution in [3.8, 4) is 6.07 Å². The Balaban J connectivity index is 2.37. The SMILES string of the molecule is CC(CC#N)N(C)C(=O)CCc1ccco1. The smallest absolute Gasteiger partial charge is 0.223 e. The second-order valence-corrected chi connectivity index (χ2v) is 3.80. The van der Waals surface area contributed by atoms with Gasteiger partial charge in [-0.3, -0.25) is 4.79 Å². The van der Waals surface area contributed by atoms with Crippen LogP contribution in [0.3, 0.4) is 0 Å². The van der Waals surface area contributed by atoms with E-state index in [1.165, 1.54) is 0 Å². The zero-order valence-electron chi connectivity index (χ0n) is 9.64. The van der Waals surface area contributed by atoms with Gasteiger partial charge >= 0.3 is 0 Å². The van der Waals surface area contributed by atoms with Crippen molar-refractivity contribution in [1.82, 2.24) is 4.90 Å². The van der Waals surface area contributed by atoms with Crippen LogP contribution in [0.1, 0.15) is 25.5 Å². The Morgan fingerprint density at radius 2 is 2.44 bits per heavy atom. The number of carbonyl (C=O) groups is 1. The Morgan fingerprint density at radius 1 is 1.69 bits per heavy atom. The van der Waals surface area contributed by atoms with Gasteiger partial charge in [0.1, 0.15) is 5.76 Å². The van der Waals surface area contributed by atoms with Gasteiger partial charge in [-0.2, -0.15) is 5.26 Å². The van der Waals surface area contributed by atoms with E-state index in [0.717, 1.165) is 5.76 Å². The molecular weight excluding hydrogens is 204 g/mol. The minimum atomic E-state index is -0.0332. The summed E-state index contributed by atoms with van der Waals surface area (Å²) in [5.41, 5.74) is 0. The molecule has 0 bridgehead atoms. The maximum Gasteiger partial charge on any atom is 0.223 e. The van der Waals surface area contributed by atoms with E-state index in [4.69, 9.17) is 9.68 Å². The summed E-state index contributed by atoms with van der Waals surface area (Å²) in [6.45, 7) is 1.87. The third-order valence-corrected chi connectivity index (χ3v) is 2.61. The lowest BCUT2D eigenvalue weighted by Crippen LogP contribution is -2.34. The first kappa shape index (κ1) is 12.3. The highest BCUT2D eigenvalue weighted by Gasteiger charge is 2.15. The molecule has 0 fully saturated rings. The van der Waals surface area contributed by atoms with E-state index in [1.807, 2.05) is 19.1 Å². The second kappa shape index (κ2) is 5.96. The summed E-state index contributed by atoms with van der Waals surface area (Å²) < 4.78 is 5.15. The molecule has 0 aromatic carbocycles. The lowest BCUT2D eigenvalue weighted by molar-refractivity contribution is -0.131. The minimum Gasteiger partial charge on any atom is -0.469 e. The topological polar surface area (TPSA) is 57.2 Å². The lowest BCUT2D eigenvalue weighted by Gasteiger charge is -2.22. The summed E-state index contributed by atoms with van der Waals surface area (Å²) in [5.74, 6) is 0.855. The highest BCUT2D eigenvalue weighted by atomic mass is 16.3. The van der Waals surface area contributed by atoms with Crippen molar-refractivity contribution in [2.24, 2.45) is 0 Å². The van der Waals surface area contributed by atoms with Gasteiger partial charge in [-0.25, -0.2) is 0 Å². The summed E-state index contributed by atoms with van der Waals surface area (Å²) in [7, 11) is 1.73. The number of amides is 1. The van der Waals surface area contributed by atoms with Crippen LogP contribution >= 0.6 is 0 Å². The van der Waals surface area contributed by atoms with Crippen LogP contribution in [-0.4, -0.2) is 23.9 Å². The van der Waals surface area contributed by atoms with E-state index in [1.54, 1.807) is 18.2 Å². The molecule has 0 aliphatic carbocycles. The molecule has 1 unspecified atom stereocenters. The first-order valence-corrected chi connectivity index (χ1v) is 5.30. The standard InChI is InChI=1S/C12H16N2O2/c1-10(7-8-13)14(2)12(15)6-5-11-4-3-9-16-11/h3-4,9-10H,5-7H2,1-2H3. The average Bonchev–Trinajstić information content (AvgIpc) is 2.78. The van der Waals surface area contributed by atoms with E-state index < -0.39 is 0 Å². The summed E-state index contributed by atoms with van der Waals surface area (Å²) in [6.07, 6.45) is 2.99. The van der Waals surface area contributed by atoms with Gasteiger partial charge in [-0.15, -0.1) is 0 Å². The predicted octanol–water partition coefficient (Wildman–Crippen LogP) is 1.97. The van der Waals surface area contributed by atoms with Crippen LogP contribution in [0.15, 0.2) is 22.8 Å². The van der Waals surface area contributed by atoms with E-state index >= 15 is 0 Å². The zero-order chi connectivity index (χ0) is 12.0. The Labute approximate surface area is 95.5 Å². The fourth-order valence-corrected chi connectivity index (χ4v) is 1.38. The third-order valence-electron chi connectivity index (χ3n) is 2.61. The first-order chi connectivity index (χ1) is 7.65. The normalized spacial score (nSPS) is 11.8. The summed E-state index contributed by atoms with van der Waals surface area (Å²) >= 11 is 0. The number of hydrogen-bond donors (Lipinski definition) is 0. The number of rotatable bonds is 5. The van der Waals surface area contributed by atoms with Crippen LogP contribution < -0.4 is 0 Å². The second-order valence-electron chi connectivity index (χ2n) is 3.80. The van der Waals surface area contributed by atoms with Gasteiger partial charge in [-0.05, 0) is 19.1 Å². The van der Waals surface area contributed by atoms with Gasteiger partial charge in [-0.1, -0.05) is 0 Å². The van der Waals surface area contributed by atoms with E-state index in [-0.39, 0.29) is 11.9 Å². The molecule has 0 spiro atoms. The molecule has 0 saturated carbocycles. The fourth-order valence-electron chi connectivity index (χ4n) is 1.38. The van der Waals surface area contributed by atoms with Crippen LogP contribution in [0.25, 0.3) is 0 Å². The molecule has 0 saturated heterocycles. The highest BCUT2D eigenvalue weighted by Crippen LogP contribution is 2.07. The van der Waals surface area contributed by atoms with Crippen LogP contribution in [0.2, 0.25) is 0 Å². The van der Waals surface area contributed by atoms with Crippen molar-refractivity contribution in [3.05, 3.63) is 24.2 Å². The molecule has 4 heteroatoms. The van der Waals surface area contributed by atoms with Gasteiger partial charge in [0.25, 0.3) is 0 Å². The molecule has 0 N–H and O–H groups in total. The zero-order valence-corrected chi connectivity index (χ0v) is 9.64. The van der Waals surface area contributed by atoms with Gasteiger partial charge in [0, 0.05) is 25.9 Å². The monoisotopic (exact) mass is 220 g/mol. The first-order valence-electron chi connectivity index (χ1n) is 5.30. The van der Waals surface area contributed by atoms with E-state index in [9.17, 15) is 4.79 Å². The maximum atomic E-state index is 11.7. The van der Waals surface area contributed by atoms with Gasteiger partial charge in [0.15, 0.2) is 0 Å². The Morgan fingerprint density at radius 3 is 3.00 bits per heavy atom. The predicted molar refractivity (Wildman–Crippen MR) is 59.5 cm³/mol. The Bertz CT molecular complexity index is 365. The Kier molecular flexibility index (Phi) is 4.59. The minimum absolute atomic E-state index is 0.0332. The quantitative estimate of drug-likeness (QED) is 0.762. The lowest BCUT2D eigenvalue weighted by atomic mass is 10.2. The number of furan rings is 1. The molecule has 1 atom stereocenters. The molecule has 0 aliphatic heterocycles. The summed E-state index contributed by atoms with van der Waals surface area (Å²) in [6, 6.07) is 5.69. The number of carbonyl (C=O) groups excluding carboxylic acids is 1. The third kappa shape index (κ3) is 3.43. The number of hydrogen-bond acceptors (Lipinski definition) is 3. The Hall–Kier alpha value is -1.76. The van der Waals surface area contributed by atoms with Crippen molar-refractivity contribution >= 4 is 5.91 Å². The molecule has 1 amide bonds. The molecule has 1 rings (SSSR count). The van der Waals surface area contributed by atoms with Crippen molar-refractivity contribution in [2.45, 2.75) is 32.2 Å². The summed E-state index contributed by atoms with van der Waals surface area (Å²) in [5, 5.41) is 8.54. The van der Waals surface area contributed by atoms with Crippen molar-refractivity contribution in [3.63, 3.8) is 0 Å². The molecule has 1 aromatic heterocycles. The molecule has 1 aromatic rings. The van der Waals surface area contributed by atoms with Gasteiger partial charge in [0.2, 0.25) is 5.91 Å². The highest BCUT2D eigenvalue weighted by molar-refractivity contribution is 5.76. The van der Waals surface area contributed by atoms with Crippen LogP contribution in [0.5, 0.6) is 0 Å². The fraction of sp³-hybridized carbons (Fsp3) is 0.500. The number of aryl methyl sites for hydroxylation is 1. The molecule has 4 nitrogen and oxygen atoms in total. The number of nitriles is 1. The van der Waals surface area contributed by atoms with Crippen molar-refractivity contribution in [2.75, 3.05) is 7.05 Å². The largest absolute Gasteiger partial charge is 0.469 e. The molecular formula is C12H16N2O2. The van der Waals surface area contributed by atoms with Crippen molar-refractivity contribution < 1.29 is 9.21 Å². The molecule has 0 radical (unpaired) electrons.